The van der Waals surface area contributed by atoms with Crippen molar-refractivity contribution in [3.8, 4) is 0 Å². The fraction of sp³-hybridized carbons (Fsp3) is 0.267. The summed E-state index contributed by atoms with van der Waals surface area (Å²) < 4.78 is 1.59. The van der Waals surface area contributed by atoms with Gasteiger partial charge in [-0.1, -0.05) is 12.1 Å². The standard InChI is InChI=1S/C15H14ClN3O/c1-10-3-4-11-13(7-10)17-8-12-14(11)18-9-19(15(12)20)6-2-5-16/h3-4,7-9H,2,5-6H2,1H3. The highest BCUT2D eigenvalue weighted by molar-refractivity contribution is 6.17. The zero-order valence-corrected chi connectivity index (χ0v) is 11.9. The minimum absolute atomic E-state index is 0.0601. The lowest BCUT2D eigenvalue weighted by Crippen LogP contribution is -2.21. The SMILES string of the molecule is Cc1ccc2c(c1)ncc1c(=O)n(CCCCl)cnc12. The molecule has 0 aliphatic rings. The first kappa shape index (κ1) is 13.1. The minimum Gasteiger partial charge on any atom is -0.299 e. The van der Waals surface area contributed by atoms with E-state index in [0.717, 1.165) is 22.9 Å². The van der Waals surface area contributed by atoms with Crippen LogP contribution < -0.4 is 5.56 Å². The topological polar surface area (TPSA) is 47.8 Å². The number of aryl methyl sites for hydroxylation is 2. The maximum Gasteiger partial charge on any atom is 0.262 e. The van der Waals surface area contributed by atoms with Gasteiger partial charge in [-0.05, 0) is 25.0 Å². The molecule has 0 N–H and O–H groups in total. The largest absolute Gasteiger partial charge is 0.299 e. The minimum atomic E-state index is -0.0601. The van der Waals surface area contributed by atoms with Crippen molar-refractivity contribution >= 4 is 33.4 Å². The van der Waals surface area contributed by atoms with Gasteiger partial charge in [0, 0.05) is 24.0 Å². The third kappa shape index (κ3) is 2.16. The van der Waals surface area contributed by atoms with E-state index in [1.165, 1.54) is 0 Å². The number of halogens is 1. The van der Waals surface area contributed by atoms with Gasteiger partial charge in [-0.3, -0.25) is 14.3 Å². The van der Waals surface area contributed by atoms with Crippen LogP contribution in [0.15, 0.2) is 35.5 Å². The summed E-state index contributed by atoms with van der Waals surface area (Å²) in [6.45, 7) is 2.60. The van der Waals surface area contributed by atoms with E-state index in [1.807, 2.05) is 25.1 Å². The summed E-state index contributed by atoms with van der Waals surface area (Å²) in [6.07, 6.45) is 3.95. The molecule has 0 amide bonds. The maximum absolute atomic E-state index is 12.4. The molecule has 1 aromatic carbocycles. The molecular formula is C15H14ClN3O. The van der Waals surface area contributed by atoms with Crippen molar-refractivity contribution in [2.45, 2.75) is 19.9 Å². The van der Waals surface area contributed by atoms with Gasteiger partial charge in [0.25, 0.3) is 5.56 Å². The Morgan fingerprint density at radius 1 is 1.25 bits per heavy atom. The summed E-state index contributed by atoms with van der Waals surface area (Å²) in [4.78, 5) is 21.2. The molecule has 3 rings (SSSR count). The Kier molecular flexibility index (Phi) is 3.40. The third-order valence-electron chi connectivity index (χ3n) is 3.35. The number of hydrogen-bond acceptors (Lipinski definition) is 3. The second-order valence-electron chi connectivity index (χ2n) is 4.83. The van der Waals surface area contributed by atoms with Crippen molar-refractivity contribution in [2.75, 3.05) is 5.88 Å². The molecule has 0 radical (unpaired) electrons. The monoisotopic (exact) mass is 287 g/mol. The molecular weight excluding hydrogens is 274 g/mol. The Hall–Kier alpha value is -1.94. The Bertz CT molecular complexity index is 842. The highest BCUT2D eigenvalue weighted by Gasteiger charge is 2.08. The van der Waals surface area contributed by atoms with Crippen LogP contribution in [-0.2, 0) is 6.54 Å². The average Bonchev–Trinajstić information content (AvgIpc) is 2.46. The van der Waals surface area contributed by atoms with Crippen molar-refractivity contribution in [1.82, 2.24) is 14.5 Å². The first-order valence-electron chi connectivity index (χ1n) is 6.51. The molecule has 4 nitrogen and oxygen atoms in total. The number of pyridine rings is 1. The van der Waals surface area contributed by atoms with E-state index in [9.17, 15) is 4.79 Å². The number of benzene rings is 1. The molecule has 0 unspecified atom stereocenters. The van der Waals surface area contributed by atoms with Gasteiger partial charge in [-0.15, -0.1) is 11.6 Å². The number of alkyl halides is 1. The highest BCUT2D eigenvalue weighted by atomic mass is 35.5. The van der Waals surface area contributed by atoms with Crippen LogP contribution in [0.25, 0.3) is 21.8 Å². The number of hydrogen-bond donors (Lipinski definition) is 0. The normalized spacial score (nSPS) is 11.3. The molecule has 0 saturated carbocycles. The molecule has 0 atom stereocenters. The van der Waals surface area contributed by atoms with Crippen LogP contribution in [0.4, 0.5) is 0 Å². The fourth-order valence-corrected chi connectivity index (χ4v) is 2.43. The van der Waals surface area contributed by atoms with Gasteiger partial charge in [-0.2, -0.15) is 0 Å². The molecule has 0 spiro atoms. The zero-order valence-electron chi connectivity index (χ0n) is 11.1. The second kappa shape index (κ2) is 5.21. The van der Waals surface area contributed by atoms with E-state index in [-0.39, 0.29) is 5.56 Å². The van der Waals surface area contributed by atoms with Crippen molar-refractivity contribution in [3.05, 3.63) is 46.6 Å². The molecule has 0 aliphatic heterocycles. The van der Waals surface area contributed by atoms with E-state index >= 15 is 0 Å². The molecule has 0 bridgehead atoms. The Morgan fingerprint density at radius 2 is 2.10 bits per heavy atom. The Balaban J connectivity index is 2.26. The highest BCUT2D eigenvalue weighted by Crippen LogP contribution is 2.20. The van der Waals surface area contributed by atoms with Gasteiger partial charge in [0.1, 0.15) is 0 Å². The lowest BCUT2D eigenvalue weighted by Gasteiger charge is -2.07. The maximum atomic E-state index is 12.4. The fourth-order valence-electron chi connectivity index (χ4n) is 2.31. The van der Waals surface area contributed by atoms with Gasteiger partial charge < -0.3 is 0 Å². The van der Waals surface area contributed by atoms with Crippen molar-refractivity contribution in [1.29, 1.82) is 0 Å². The Morgan fingerprint density at radius 3 is 2.90 bits per heavy atom. The van der Waals surface area contributed by atoms with Crippen LogP contribution in [0.5, 0.6) is 0 Å². The molecule has 5 heteroatoms. The van der Waals surface area contributed by atoms with E-state index in [1.54, 1.807) is 17.1 Å². The summed E-state index contributed by atoms with van der Waals surface area (Å²) in [6, 6.07) is 5.97. The molecule has 2 heterocycles. The van der Waals surface area contributed by atoms with Gasteiger partial charge in [0.15, 0.2) is 0 Å². The summed E-state index contributed by atoms with van der Waals surface area (Å²) in [5.74, 6) is 0.528. The number of rotatable bonds is 3. The third-order valence-corrected chi connectivity index (χ3v) is 3.61. The van der Waals surface area contributed by atoms with Crippen LogP contribution in [0.3, 0.4) is 0 Å². The predicted octanol–water partition coefficient (Wildman–Crippen LogP) is 2.88. The molecule has 3 aromatic rings. The summed E-state index contributed by atoms with van der Waals surface area (Å²) >= 11 is 5.67. The molecule has 0 aliphatic carbocycles. The lowest BCUT2D eigenvalue weighted by molar-refractivity contribution is 0.650. The molecule has 0 fully saturated rings. The molecule has 2 aromatic heterocycles. The van der Waals surface area contributed by atoms with Crippen molar-refractivity contribution in [3.63, 3.8) is 0 Å². The van der Waals surface area contributed by atoms with Crippen LogP contribution >= 0.6 is 11.6 Å². The average molecular weight is 288 g/mol. The van der Waals surface area contributed by atoms with Crippen LogP contribution in [0, 0.1) is 6.92 Å². The van der Waals surface area contributed by atoms with E-state index < -0.39 is 0 Å². The van der Waals surface area contributed by atoms with Gasteiger partial charge in [0.2, 0.25) is 0 Å². The quantitative estimate of drug-likeness (QED) is 0.550. The number of fused-ring (bicyclic) bond motifs is 3. The van der Waals surface area contributed by atoms with E-state index in [2.05, 4.69) is 9.97 Å². The first-order chi connectivity index (χ1) is 9.70. The number of nitrogens with zero attached hydrogens (tertiary/aromatic N) is 3. The first-order valence-corrected chi connectivity index (χ1v) is 7.04. The lowest BCUT2D eigenvalue weighted by atomic mass is 10.1. The van der Waals surface area contributed by atoms with Gasteiger partial charge in [-0.25, -0.2) is 4.98 Å². The van der Waals surface area contributed by atoms with Gasteiger partial charge >= 0.3 is 0 Å². The summed E-state index contributed by atoms with van der Waals surface area (Å²) in [5, 5.41) is 1.47. The Labute approximate surface area is 121 Å². The molecule has 0 saturated heterocycles. The smallest absolute Gasteiger partial charge is 0.262 e. The van der Waals surface area contributed by atoms with E-state index in [0.29, 0.717) is 23.3 Å². The van der Waals surface area contributed by atoms with Crippen molar-refractivity contribution in [2.24, 2.45) is 0 Å². The molecule has 102 valence electrons. The zero-order chi connectivity index (χ0) is 14.1. The predicted molar refractivity (Wildman–Crippen MR) is 81.4 cm³/mol. The summed E-state index contributed by atoms with van der Waals surface area (Å²) in [7, 11) is 0. The second-order valence-corrected chi connectivity index (χ2v) is 5.20. The van der Waals surface area contributed by atoms with Gasteiger partial charge in [0.05, 0.1) is 22.7 Å². The van der Waals surface area contributed by atoms with Crippen LogP contribution in [0.1, 0.15) is 12.0 Å². The van der Waals surface area contributed by atoms with Crippen molar-refractivity contribution < 1.29 is 0 Å². The van der Waals surface area contributed by atoms with Crippen LogP contribution in [0.2, 0.25) is 0 Å². The van der Waals surface area contributed by atoms with Crippen LogP contribution in [-0.4, -0.2) is 20.4 Å². The number of aromatic nitrogens is 3. The molecule has 20 heavy (non-hydrogen) atoms. The van der Waals surface area contributed by atoms with E-state index in [4.69, 9.17) is 11.6 Å². The summed E-state index contributed by atoms with van der Waals surface area (Å²) in [5.41, 5.74) is 2.65.